The van der Waals surface area contributed by atoms with Crippen molar-refractivity contribution < 1.29 is 68.0 Å². The quantitative estimate of drug-likeness (QED) is 0.195. The van der Waals surface area contributed by atoms with Crippen molar-refractivity contribution in [1.82, 2.24) is 4.90 Å². The van der Waals surface area contributed by atoms with Gasteiger partial charge in [-0.25, -0.2) is 0 Å². The normalized spacial score (nSPS) is 44.0. The number of esters is 2. The fourth-order valence-electron chi connectivity index (χ4n) is 7.34. The van der Waals surface area contributed by atoms with Gasteiger partial charge in [-0.3, -0.25) is 9.59 Å². The lowest BCUT2D eigenvalue weighted by Gasteiger charge is -2.50. The molecule has 0 aromatic heterocycles. The summed E-state index contributed by atoms with van der Waals surface area (Å²) in [6, 6.07) is -0.749. The second kappa shape index (κ2) is 19.9. The Morgan fingerprint density at radius 2 is 1.73 bits per heavy atom. The number of carbonyl (C=O) groups is 3. The van der Waals surface area contributed by atoms with Crippen molar-refractivity contribution >= 4 is 18.2 Å². The van der Waals surface area contributed by atoms with Crippen LogP contribution < -0.4 is 0 Å². The van der Waals surface area contributed by atoms with Gasteiger partial charge >= 0.3 is 11.9 Å². The first-order valence-electron chi connectivity index (χ1n) is 18.1. The number of rotatable bonds is 9. The summed E-state index contributed by atoms with van der Waals surface area (Å²) in [5, 5.41) is 44.1. The first-order valence-corrected chi connectivity index (χ1v) is 18.1. The molecule has 15 heteroatoms. The van der Waals surface area contributed by atoms with Gasteiger partial charge in [-0.1, -0.05) is 31.2 Å². The Bertz CT molecular complexity index is 1210. The van der Waals surface area contributed by atoms with E-state index in [4.69, 9.17) is 33.2 Å². The largest absolute Gasteiger partial charge is 0.462 e. The van der Waals surface area contributed by atoms with Crippen LogP contribution in [0.25, 0.3) is 0 Å². The van der Waals surface area contributed by atoms with Crippen LogP contribution in [-0.4, -0.2) is 150 Å². The molecule has 3 aliphatic heterocycles. The van der Waals surface area contributed by atoms with Crippen LogP contribution in [0.4, 0.5) is 0 Å². The first-order chi connectivity index (χ1) is 24.4. The van der Waals surface area contributed by atoms with Crippen LogP contribution in [0.1, 0.15) is 73.6 Å². The number of hydrogen-bond acceptors (Lipinski definition) is 15. The van der Waals surface area contributed by atoms with Crippen LogP contribution in [0.3, 0.4) is 0 Å². The average molecular weight is 744 g/mol. The summed E-state index contributed by atoms with van der Waals surface area (Å²) in [6.45, 7) is 9.61. The van der Waals surface area contributed by atoms with Crippen LogP contribution in [0, 0.1) is 11.8 Å². The minimum Gasteiger partial charge on any atom is -0.462 e. The molecule has 52 heavy (non-hydrogen) atoms. The number of ether oxygens (including phenoxy) is 7. The van der Waals surface area contributed by atoms with E-state index in [1.165, 1.54) is 21.0 Å². The smallest absolute Gasteiger partial charge is 0.309 e. The molecule has 15 nitrogen and oxygen atoms in total. The maximum absolute atomic E-state index is 13.2. The van der Waals surface area contributed by atoms with Gasteiger partial charge in [-0.2, -0.15) is 0 Å². The van der Waals surface area contributed by atoms with Crippen molar-refractivity contribution in [2.75, 3.05) is 21.2 Å². The lowest BCUT2D eigenvalue weighted by atomic mass is 9.82. The highest BCUT2D eigenvalue weighted by Crippen LogP contribution is 2.37. The summed E-state index contributed by atoms with van der Waals surface area (Å²) >= 11 is 0. The Kier molecular flexibility index (Phi) is 16.8. The van der Waals surface area contributed by atoms with Crippen LogP contribution in [0.5, 0.6) is 0 Å². The van der Waals surface area contributed by atoms with Crippen molar-refractivity contribution in [2.45, 2.75) is 159 Å². The SMILES string of the molecule is CO[C@@H]1[C@@H](O[C@H]2O[C@H](C)[C@@H](O[C@@H]3C[C@](C)(O)[C@H](O)[C@@H](C)O3)[C@@H](N(C)C)[C@@H]2O)[C@@H](CC=O)C[C@@H](C)[C@@H](O)/C=C/C=C/C[C@@H](C)OC(=O)C[C@H]1OC(C)=O. The van der Waals surface area contributed by atoms with Gasteiger partial charge in [0.25, 0.3) is 0 Å². The van der Waals surface area contributed by atoms with E-state index in [9.17, 15) is 34.8 Å². The van der Waals surface area contributed by atoms with E-state index in [2.05, 4.69) is 0 Å². The van der Waals surface area contributed by atoms with Gasteiger partial charge in [-0.15, -0.1) is 0 Å². The third kappa shape index (κ3) is 11.8. The number of aliphatic hydroxyl groups excluding tert-OH is 3. The van der Waals surface area contributed by atoms with Crippen LogP contribution >= 0.6 is 0 Å². The van der Waals surface area contributed by atoms with Crippen molar-refractivity contribution in [3.8, 4) is 0 Å². The van der Waals surface area contributed by atoms with E-state index >= 15 is 0 Å². The van der Waals surface area contributed by atoms with E-state index in [0.29, 0.717) is 12.7 Å². The average Bonchev–Trinajstić information content (AvgIpc) is 3.03. The third-order valence-electron chi connectivity index (χ3n) is 10.1. The molecule has 0 bridgehead atoms. The summed E-state index contributed by atoms with van der Waals surface area (Å²) in [7, 11) is 4.86. The number of methoxy groups -OCH3 is 1. The topological polar surface area (TPSA) is 200 Å². The Balaban J connectivity index is 2.03. The summed E-state index contributed by atoms with van der Waals surface area (Å²) in [5.74, 6) is -2.40. The number of cyclic esters (lactones) is 1. The summed E-state index contributed by atoms with van der Waals surface area (Å²) in [4.78, 5) is 39.5. The van der Waals surface area contributed by atoms with Gasteiger partial charge in [0.15, 0.2) is 12.6 Å². The van der Waals surface area contributed by atoms with E-state index in [1.54, 1.807) is 58.0 Å². The predicted octanol–water partition coefficient (Wildman–Crippen LogP) is 1.42. The molecule has 0 saturated carbocycles. The van der Waals surface area contributed by atoms with E-state index in [0.717, 1.165) is 0 Å². The number of nitrogens with zero attached hydrogens (tertiary/aromatic N) is 1. The lowest BCUT2D eigenvalue weighted by molar-refractivity contribution is -0.344. The standard InChI is InChI=1S/C37H61NO14/c1-20-17-25(15-16-39)33(34(46-9)27(50-24(5)40)18-28(42)47-21(2)13-11-10-12-14-26(20)41)52-36-31(43)30(38(7)8)32(22(3)49-36)51-29-19-37(6,45)35(44)23(4)48-29/h10-12,14,16,20-23,25-27,29-36,41,43-45H,13,15,17-19H2,1-9H3/b11-10+,14-12+/t20-,21-,22-,23-,25+,26+,27-,29-,30+,31+,32-,33+,34+,35-,36-,37+/m1/s1. The zero-order valence-corrected chi connectivity index (χ0v) is 31.9. The summed E-state index contributed by atoms with van der Waals surface area (Å²) in [6.07, 6.45) is -4.17. The molecule has 2 fully saturated rings. The molecule has 3 aliphatic rings. The highest BCUT2D eigenvalue weighted by atomic mass is 16.7. The number of hydrogen-bond donors (Lipinski definition) is 4. The number of allylic oxidation sites excluding steroid dienone is 2. The number of aliphatic hydroxyl groups is 4. The maximum atomic E-state index is 13.2. The zero-order valence-electron chi connectivity index (χ0n) is 31.9. The Labute approximate surface area is 307 Å². The predicted molar refractivity (Wildman–Crippen MR) is 187 cm³/mol. The Morgan fingerprint density at radius 1 is 1.04 bits per heavy atom. The number of likely N-dealkylation sites (N-methyl/N-ethyl adjacent to an activating group) is 1. The molecule has 0 spiro atoms. The molecular formula is C37H61NO14. The van der Waals surface area contributed by atoms with Crippen molar-refractivity contribution in [3.63, 3.8) is 0 Å². The number of carbonyl (C=O) groups excluding carboxylic acids is 3. The molecule has 3 heterocycles. The highest BCUT2D eigenvalue weighted by Gasteiger charge is 2.52. The second-order valence-electron chi connectivity index (χ2n) is 14.9. The zero-order chi connectivity index (χ0) is 38.9. The molecule has 16 atom stereocenters. The molecule has 2 saturated heterocycles. The summed E-state index contributed by atoms with van der Waals surface area (Å²) < 4.78 is 42.3. The third-order valence-corrected chi connectivity index (χ3v) is 10.1. The molecule has 0 radical (unpaired) electrons. The first kappa shape index (κ1) is 44.1. The molecule has 298 valence electrons. The van der Waals surface area contributed by atoms with Gasteiger partial charge < -0.3 is 63.3 Å². The molecule has 0 aliphatic carbocycles. The fraction of sp³-hybridized carbons (Fsp3) is 0.811. The molecule has 0 amide bonds. The van der Waals surface area contributed by atoms with Crippen LogP contribution in [0.2, 0.25) is 0 Å². The Hall–Kier alpha value is -2.31. The van der Waals surface area contributed by atoms with Crippen molar-refractivity contribution in [1.29, 1.82) is 0 Å². The van der Waals surface area contributed by atoms with E-state index < -0.39 is 110 Å². The van der Waals surface area contributed by atoms with E-state index in [-0.39, 0.29) is 25.2 Å². The minimum atomic E-state index is -1.48. The molecular weight excluding hydrogens is 682 g/mol. The van der Waals surface area contributed by atoms with Crippen molar-refractivity contribution in [3.05, 3.63) is 24.3 Å². The van der Waals surface area contributed by atoms with Gasteiger partial charge in [0.2, 0.25) is 0 Å². The second-order valence-corrected chi connectivity index (χ2v) is 14.9. The minimum absolute atomic E-state index is 0.0306. The maximum Gasteiger partial charge on any atom is 0.309 e. The van der Waals surface area contributed by atoms with Crippen molar-refractivity contribution in [2.24, 2.45) is 11.8 Å². The van der Waals surface area contributed by atoms with Crippen LogP contribution in [-0.2, 0) is 47.5 Å². The monoisotopic (exact) mass is 743 g/mol. The summed E-state index contributed by atoms with van der Waals surface area (Å²) in [5.41, 5.74) is -1.48. The Morgan fingerprint density at radius 3 is 2.33 bits per heavy atom. The molecule has 4 N–H and O–H groups in total. The molecule has 0 aromatic rings. The van der Waals surface area contributed by atoms with Gasteiger partial charge in [-0.05, 0) is 60.0 Å². The van der Waals surface area contributed by atoms with Gasteiger partial charge in [0.05, 0.1) is 42.5 Å². The lowest BCUT2D eigenvalue weighted by Crippen LogP contribution is -2.65. The highest BCUT2D eigenvalue weighted by molar-refractivity contribution is 5.72. The molecule has 0 aromatic carbocycles. The molecule has 3 rings (SSSR count). The van der Waals surface area contributed by atoms with Gasteiger partial charge in [0, 0.05) is 33.3 Å². The van der Waals surface area contributed by atoms with E-state index in [1.807, 2.05) is 13.0 Å². The number of aldehydes is 1. The van der Waals surface area contributed by atoms with Crippen LogP contribution in [0.15, 0.2) is 24.3 Å². The molecule has 0 unspecified atom stereocenters. The van der Waals surface area contributed by atoms with Gasteiger partial charge in [0.1, 0.15) is 42.9 Å². The fourth-order valence-corrected chi connectivity index (χ4v) is 7.34.